The van der Waals surface area contributed by atoms with Crippen molar-refractivity contribution in [2.45, 2.75) is 13.3 Å². The van der Waals surface area contributed by atoms with E-state index < -0.39 is 5.97 Å². The molecule has 0 aliphatic rings. The van der Waals surface area contributed by atoms with Crippen LogP contribution < -0.4 is 5.32 Å². The van der Waals surface area contributed by atoms with Gasteiger partial charge in [0, 0.05) is 35.2 Å². The molecule has 1 amide bonds. The molecule has 0 spiro atoms. The van der Waals surface area contributed by atoms with Gasteiger partial charge in [-0.05, 0) is 35.8 Å². The number of carbonyl (C=O) groups excluding carboxylic acids is 3. The third-order valence-electron chi connectivity index (χ3n) is 3.77. The Balaban J connectivity index is 1.83. The van der Waals surface area contributed by atoms with Crippen molar-refractivity contribution in [2.24, 2.45) is 0 Å². The maximum atomic E-state index is 12.1. The van der Waals surface area contributed by atoms with Gasteiger partial charge < -0.3 is 10.1 Å². The van der Waals surface area contributed by atoms with Gasteiger partial charge in [0.25, 0.3) is 0 Å². The molecule has 0 saturated heterocycles. The summed E-state index contributed by atoms with van der Waals surface area (Å²) >= 11 is 11.8. The lowest BCUT2D eigenvalue weighted by Gasteiger charge is -2.05. The van der Waals surface area contributed by atoms with Crippen molar-refractivity contribution in [2.75, 3.05) is 13.2 Å². The van der Waals surface area contributed by atoms with Crippen LogP contribution in [-0.2, 0) is 20.7 Å². The van der Waals surface area contributed by atoms with E-state index in [0.717, 1.165) is 5.56 Å². The molecule has 2 aromatic rings. The van der Waals surface area contributed by atoms with Crippen molar-refractivity contribution < 1.29 is 19.1 Å². The quantitative estimate of drug-likeness (QED) is 0.396. The number of rotatable bonds is 8. The van der Waals surface area contributed by atoms with Crippen LogP contribution in [0.5, 0.6) is 0 Å². The normalized spacial score (nSPS) is 10.7. The molecule has 0 saturated carbocycles. The lowest BCUT2D eigenvalue weighted by atomic mass is 10.1. The first-order chi connectivity index (χ1) is 13.3. The minimum atomic E-state index is -0.647. The van der Waals surface area contributed by atoms with Crippen LogP contribution in [0.3, 0.4) is 0 Å². The maximum absolute atomic E-state index is 12.1. The Morgan fingerprint density at radius 1 is 1.07 bits per heavy atom. The molecule has 146 valence electrons. The number of nitrogens with one attached hydrogen (secondary N) is 1. The van der Waals surface area contributed by atoms with Crippen molar-refractivity contribution in [3.8, 4) is 0 Å². The molecular formula is C21H19Cl2NO4. The summed E-state index contributed by atoms with van der Waals surface area (Å²) < 4.78 is 4.97. The first-order valence-electron chi connectivity index (χ1n) is 8.51. The van der Waals surface area contributed by atoms with Crippen LogP contribution in [0.1, 0.15) is 28.4 Å². The number of hydrogen-bond donors (Lipinski definition) is 1. The van der Waals surface area contributed by atoms with Gasteiger partial charge in [0.05, 0.1) is 0 Å². The molecule has 0 fully saturated rings. The lowest BCUT2D eigenvalue weighted by molar-refractivity contribution is -0.136. The maximum Gasteiger partial charge on any atom is 0.331 e. The standard InChI is InChI=1S/C21H19Cl2NO4/c1-14(25)24-11-10-15-2-4-17(5-3-15)20(26)13-28-21(27)9-7-16-6-8-18(22)12-19(16)23/h2-9,12H,10-11,13H2,1H3,(H,24,25)/b9-7+. The number of ketones is 1. The van der Waals surface area contributed by atoms with E-state index >= 15 is 0 Å². The van der Waals surface area contributed by atoms with Gasteiger partial charge in [-0.3, -0.25) is 9.59 Å². The second-order valence-corrected chi connectivity index (χ2v) is 6.80. The summed E-state index contributed by atoms with van der Waals surface area (Å²) in [5.74, 6) is -1.04. The molecule has 2 rings (SSSR count). The molecule has 0 heterocycles. The second kappa shape index (κ2) is 10.6. The summed E-state index contributed by atoms with van der Waals surface area (Å²) in [6.07, 6.45) is 3.37. The highest BCUT2D eigenvalue weighted by Gasteiger charge is 2.09. The van der Waals surface area contributed by atoms with E-state index in [9.17, 15) is 14.4 Å². The van der Waals surface area contributed by atoms with Crippen LogP contribution in [0.25, 0.3) is 6.08 Å². The molecule has 0 aliphatic carbocycles. The zero-order chi connectivity index (χ0) is 20.5. The highest BCUT2D eigenvalue weighted by atomic mass is 35.5. The first-order valence-corrected chi connectivity index (χ1v) is 9.27. The third-order valence-corrected chi connectivity index (χ3v) is 4.33. The van der Waals surface area contributed by atoms with Crippen LogP contribution in [0.15, 0.2) is 48.5 Å². The largest absolute Gasteiger partial charge is 0.454 e. The molecule has 0 atom stereocenters. The van der Waals surface area contributed by atoms with Gasteiger partial charge in [-0.1, -0.05) is 53.5 Å². The van der Waals surface area contributed by atoms with Crippen molar-refractivity contribution in [3.05, 3.63) is 75.3 Å². The van der Waals surface area contributed by atoms with Crippen molar-refractivity contribution in [1.82, 2.24) is 5.32 Å². The monoisotopic (exact) mass is 419 g/mol. The number of carbonyl (C=O) groups is 3. The van der Waals surface area contributed by atoms with E-state index in [4.69, 9.17) is 27.9 Å². The van der Waals surface area contributed by atoms with E-state index in [1.807, 2.05) is 0 Å². The average Bonchev–Trinajstić information content (AvgIpc) is 2.65. The Labute approximate surface area is 173 Å². The molecular weight excluding hydrogens is 401 g/mol. The SMILES string of the molecule is CC(=O)NCCc1ccc(C(=O)COC(=O)/C=C/c2ccc(Cl)cc2Cl)cc1. The average molecular weight is 420 g/mol. The Hall–Kier alpha value is -2.63. The molecule has 0 bridgehead atoms. The molecule has 2 aromatic carbocycles. The van der Waals surface area contributed by atoms with Gasteiger partial charge in [-0.25, -0.2) is 4.79 Å². The Morgan fingerprint density at radius 3 is 2.43 bits per heavy atom. The number of hydrogen-bond acceptors (Lipinski definition) is 4. The Morgan fingerprint density at radius 2 is 1.79 bits per heavy atom. The number of amides is 1. The fourth-order valence-electron chi connectivity index (χ4n) is 2.30. The van der Waals surface area contributed by atoms with Gasteiger partial charge >= 0.3 is 5.97 Å². The number of halogens is 2. The van der Waals surface area contributed by atoms with E-state index in [2.05, 4.69) is 5.32 Å². The predicted molar refractivity (Wildman–Crippen MR) is 110 cm³/mol. The van der Waals surface area contributed by atoms with Crippen LogP contribution in [0.4, 0.5) is 0 Å². The van der Waals surface area contributed by atoms with Crippen molar-refractivity contribution in [1.29, 1.82) is 0 Å². The van der Waals surface area contributed by atoms with Gasteiger partial charge in [0.15, 0.2) is 12.4 Å². The molecule has 28 heavy (non-hydrogen) atoms. The minimum absolute atomic E-state index is 0.0824. The Kier molecular flexibility index (Phi) is 8.23. The van der Waals surface area contributed by atoms with Crippen LogP contribution in [-0.4, -0.2) is 30.8 Å². The molecule has 0 aromatic heterocycles. The number of Topliss-reactive ketones (excluding diaryl/α,β-unsaturated/α-hetero) is 1. The highest BCUT2D eigenvalue weighted by molar-refractivity contribution is 6.35. The zero-order valence-electron chi connectivity index (χ0n) is 15.2. The molecule has 5 nitrogen and oxygen atoms in total. The zero-order valence-corrected chi connectivity index (χ0v) is 16.7. The molecule has 7 heteroatoms. The van der Waals surface area contributed by atoms with Crippen LogP contribution in [0.2, 0.25) is 10.0 Å². The molecule has 0 radical (unpaired) electrons. The van der Waals surface area contributed by atoms with Gasteiger partial charge in [-0.2, -0.15) is 0 Å². The summed E-state index contributed by atoms with van der Waals surface area (Å²) in [4.78, 5) is 34.8. The van der Waals surface area contributed by atoms with Gasteiger partial charge in [0.2, 0.25) is 5.91 Å². The molecule has 0 aliphatic heterocycles. The van der Waals surface area contributed by atoms with Crippen molar-refractivity contribution in [3.63, 3.8) is 0 Å². The summed E-state index contributed by atoms with van der Waals surface area (Å²) in [6.45, 7) is 1.63. The van der Waals surface area contributed by atoms with Crippen molar-refractivity contribution >= 4 is 46.9 Å². The highest BCUT2D eigenvalue weighted by Crippen LogP contribution is 2.22. The number of ether oxygens (including phenoxy) is 1. The topological polar surface area (TPSA) is 72.5 Å². The lowest BCUT2D eigenvalue weighted by Crippen LogP contribution is -2.22. The predicted octanol–water partition coefficient (Wildman–Crippen LogP) is 4.11. The Bertz CT molecular complexity index is 892. The van der Waals surface area contributed by atoms with E-state index in [0.29, 0.717) is 34.1 Å². The minimum Gasteiger partial charge on any atom is -0.454 e. The van der Waals surface area contributed by atoms with E-state index in [-0.39, 0.29) is 18.3 Å². The fourth-order valence-corrected chi connectivity index (χ4v) is 2.77. The third kappa shape index (κ3) is 7.18. The van der Waals surface area contributed by atoms with Gasteiger partial charge in [-0.15, -0.1) is 0 Å². The second-order valence-electron chi connectivity index (χ2n) is 5.96. The summed E-state index contributed by atoms with van der Waals surface area (Å²) in [7, 11) is 0. The first kappa shape index (κ1) is 21.7. The smallest absolute Gasteiger partial charge is 0.331 e. The van der Waals surface area contributed by atoms with Crippen LogP contribution >= 0.6 is 23.2 Å². The molecule has 1 N–H and O–H groups in total. The van der Waals surface area contributed by atoms with E-state index in [1.165, 1.54) is 19.1 Å². The summed E-state index contributed by atoms with van der Waals surface area (Å²) in [5.41, 5.74) is 2.05. The number of esters is 1. The van der Waals surface area contributed by atoms with Crippen LogP contribution in [0, 0.1) is 0 Å². The summed E-state index contributed by atoms with van der Waals surface area (Å²) in [6, 6.07) is 11.8. The number of benzene rings is 2. The fraction of sp³-hybridized carbons (Fsp3) is 0.190. The molecule has 0 unspecified atom stereocenters. The van der Waals surface area contributed by atoms with E-state index in [1.54, 1.807) is 42.5 Å². The van der Waals surface area contributed by atoms with Gasteiger partial charge in [0.1, 0.15) is 0 Å². The summed E-state index contributed by atoms with van der Waals surface area (Å²) in [5, 5.41) is 3.61.